The van der Waals surface area contributed by atoms with Crippen molar-refractivity contribution in [1.82, 2.24) is 4.90 Å². The molecular formula is C21H21ClN2O4. The number of phenols is 2. The fourth-order valence-corrected chi connectivity index (χ4v) is 3.55. The molecule has 1 aliphatic rings. The van der Waals surface area contributed by atoms with Crippen LogP contribution in [0.5, 0.6) is 11.5 Å². The zero-order valence-electron chi connectivity index (χ0n) is 15.6. The number of benzene rings is 2. The second kappa shape index (κ2) is 7.94. The Bertz CT molecular complexity index is 948. The topological polar surface area (TPSA) is 81.1 Å². The third-order valence-corrected chi connectivity index (χ3v) is 5.00. The van der Waals surface area contributed by atoms with E-state index < -0.39 is 5.91 Å². The lowest BCUT2D eigenvalue weighted by Crippen LogP contribution is -2.27. The summed E-state index contributed by atoms with van der Waals surface area (Å²) in [4.78, 5) is 28.4. The fraction of sp³-hybridized carbons (Fsp3) is 0.238. The van der Waals surface area contributed by atoms with Gasteiger partial charge in [0.25, 0.3) is 5.91 Å². The van der Waals surface area contributed by atoms with Gasteiger partial charge in [-0.15, -0.1) is 0 Å². The van der Waals surface area contributed by atoms with Gasteiger partial charge in [0.15, 0.2) is 0 Å². The summed E-state index contributed by atoms with van der Waals surface area (Å²) in [5.74, 6) is -1.17. The van der Waals surface area contributed by atoms with Crippen molar-refractivity contribution < 1.29 is 19.8 Å². The monoisotopic (exact) mass is 400 g/mol. The van der Waals surface area contributed by atoms with Crippen LogP contribution in [-0.4, -0.2) is 34.0 Å². The summed E-state index contributed by atoms with van der Waals surface area (Å²) in [6.07, 6.45) is 4.10. The first-order chi connectivity index (χ1) is 13.3. The van der Waals surface area contributed by atoms with E-state index in [-0.39, 0.29) is 34.5 Å². The predicted octanol–water partition coefficient (Wildman–Crippen LogP) is 3.84. The number of aromatic hydroxyl groups is 2. The number of fused-ring (bicyclic) bond motifs is 1. The number of phenolic OH excluding ortho intramolecular Hbond substituents is 2. The Morgan fingerprint density at radius 2 is 2.00 bits per heavy atom. The van der Waals surface area contributed by atoms with Gasteiger partial charge >= 0.3 is 0 Å². The number of carbonyl (C=O) groups is 2. The van der Waals surface area contributed by atoms with Crippen LogP contribution < -0.4 is 4.90 Å². The van der Waals surface area contributed by atoms with Gasteiger partial charge in [-0.3, -0.25) is 9.59 Å². The van der Waals surface area contributed by atoms with Gasteiger partial charge in [0, 0.05) is 37.5 Å². The minimum absolute atomic E-state index is 0.0179. The van der Waals surface area contributed by atoms with Gasteiger partial charge in [-0.05, 0) is 30.2 Å². The molecular weight excluding hydrogens is 380 g/mol. The number of likely N-dealkylation sites (N-methyl/N-ethyl adjacent to an activating group) is 1. The van der Waals surface area contributed by atoms with Crippen molar-refractivity contribution in [2.24, 2.45) is 0 Å². The molecule has 0 radical (unpaired) electrons. The zero-order chi connectivity index (χ0) is 20.4. The molecule has 146 valence electrons. The molecule has 1 heterocycles. The molecule has 0 atom stereocenters. The molecule has 0 saturated heterocycles. The van der Waals surface area contributed by atoms with Crippen LogP contribution in [0.4, 0.5) is 5.69 Å². The summed E-state index contributed by atoms with van der Waals surface area (Å²) in [5.41, 5.74) is 2.49. The average Bonchev–Trinajstić information content (AvgIpc) is 3.08. The molecule has 0 fully saturated rings. The number of rotatable bonds is 4. The number of nitrogens with zero attached hydrogens (tertiary/aromatic N) is 2. The molecule has 7 heteroatoms. The van der Waals surface area contributed by atoms with Gasteiger partial charge in [0.1, 0.15) is 17.1 Å². The number of carbonyl (C=O) groups excluding carboxylic acids is 2. The molecule has 3 rings (SSSR count). The molecule has 0 aromatic heterocycles. The van der Waals surface area contributed by atoms with Crippen molar-refractivity contribution in [2.45, 2.75) is 26.4 Å². The van der Waals surface area contributed by atoms with E-state index in [0.717, 1.165) is 29.3 Å². The molecule has 0 saturated carbocycles. The molecule has 2 aromatic carbocycles. The molecule has 0 unspecified atom stereocenters. The maximum absolute atomic E-state index is 12.9. The quantitative estimate of drug-likeness (QED) is 0.764. The third kappa shape index (κ3) is 3.68. The maximum Gasteiger partial charge on any atom is 0.259 e. The van der Waals surface area contributed by atoms with Crippen LogP contribution in [0.15, 0.2) is 42.5 Å². The molecule has 6 nitrogen and oxygen atoms in total. The molecule has 0 aliphatic carbocycles. The summed E-state index contributed by atoms with van der Waals surface area (Å²) in [5, 5.41) is 19.6. The van der Waals surface area contributed by atoms with Crippen LogP contribution in [0.2, 0.25) is 5.02 Å². The van der Waals surface area contributed by atoms with Crippen LogP contribution in [-0.2, 0) is 17.9 Å². The first-order valence-electron chi connectivity index (χ1n) is 8.89. The summed E-state index contributed by atoms with van der Waals surface area (Å²) < 4.78 is 0. The normalized spacial score (nSPS) is 13.0. The summed E-state index contributed by atoms with van der Waals surface area (Å²) in [6, 6.07) is 7.90. The standard InChI is InChI=1S/C21H21ClN2O4/c1-3-4-8-19(27)23(2)17-7-5-6-13-11-24(12-15(13)17)21(28)20-16(22)9-14(25)10-18(20)26/h4-10,25-26H,3,11-12H2,1-2H3/b8-4+. The van der Waals surface area contributed by atoms with Crippen molar-refractivity contribution >= 4 is 29.1 Å². The SMILES string of the molecule is CC/C=C/C(=O)N(C)c1cccc2c1CN(C(=O)c1c(O)cc(O)cc1Cl)C2. The fourth-order valence-electron chi connectivity index (χ4n) is 3.26. The van der Waals surface area contributed by atoms with Crippen LogP contribution in [0, 0.1) is 0 Å². The number of anilines is 1. The van der Waals surface area contributed by atoms with Crippen molar-refractivity contribution in [3.05, 3.63) is 64.2 Å². The van der Waals surface area contributed by atoms with E-state index in [1.54, 1.807) is 22.9 Å². The molecule has 2 amide bonds. The lowest BCUT2D eigenvalue weighted by molar-refractivity contribution is -0.113. The first kappa shape index (κ1) is 19.8. The minimum Gasteiger partial charge on any atom is -0.508 e. The molecule has 2 N–H and O–H groups in total. The van der Waals surface area contributed by atoms with Crippen LogP contribution >= 0.6 is 11.6 Å². The van der Waals surface area contributed by atoms with E-state index in [9.17, 15) is 19.8 Å². The van der Waals surface area contributed by atoms with E-state index >= 15 is 0 Å². The number of halogens is 1. The molecule has 1 aliphatic heterocycles. The first-order valence-corrected chi connectivity index (χ1v) is 9.27. The van der Waals surface area contributed by atoms with Gasteiger partial charge in [-0.25, -0.2) is 0 Å². The van der Waals surface area contributed by atoms with E-state index in [2.05, 4.69) is 0 Å². The van der Waals surface area contributed by atoms with Gasteiger partial charge in [0.2, 0.25) is 5.91 Å². The highest BCUT2D eigenvalue weighted by molar-refractivity contribution is 6.34. The maximum atomic E-state index is 12.9. The van der Waals surface area contributed by atoms with Gasteiger partial charge in [-0.2, -0.15) is 0 Å². The number of amides is 2. The molecule has 2 aromatic rings. The Balaban J connectivity index is 1.89. The number of hydrogen-bond acceptors (Lipinski definition) is 4. The summed E-state index contributed by atoms with van der Waals surface area (Å²) >= 11 is 6.06. The second-order valence-corrected chi connectivity index (χ2v) is 7.01. The highest BCUT2D eigenvalue weighted by Crippen LogP contribution is 2.36. The zero-order valence-corrected chi connectivity index (χ0v) is 16.4. The van der Waals surface area contributed by atoms with E-state index in [1.165, 1.54) is 12.1 Å². The molecule has 0 bridgehead atoms. The van der Waals surface area contributed by atoms with Crippen LogP contribution in [0.1, 0.15) is 34.8 Å². The van der Waals surface area contributed by atoms with Crippen LogP contribution in [0.3, 0.4) is 0 Å². The third-order valence-electron chi connectivity index (χ3n) is 4.70. The lowest BCUT2D eigenvalue weighted by Gasteiger charge is -2.20. The lowest BCUT2D eigenvalue weighted by atomic mass is 10.1. The molecule has 28 heavy (non-hydrogen) atoms. The largest absolute Gasteiger partial charge is 0.508 e. The smallest absolute Gasteiger partial charge is 0.259 e. The Morgan fingerprint density at radius 1 is 1.25 bits per heavy atom. The highest BCUT2D eigenvalue weighted by Gasteiger charge is 2.30. The van der Waals surface area contributed by atoms with Crippen molar-refractivity contribution in [3.63, 3.8) is 0 Å². The van der Waals surface area contributed by atoms with Crippen molar-refractivity contribution in [3.8, 4) is 11.5 Å². The summed E-state index contributed by atoms with van der Waals surface area (Å²) in [6.45, 7) is 2.58. The Hall–Kier alpha value is -2.99. The van der Waals surface area contributed by atoms with Crippen molar-refractivity contribution in [1.29, 1.82) is 0 Å². The van der Waals surface area contributed by atoms with E-state index in [4.69, 9.17) is 11.6 Å². The Morgan fingerprint density at radius 3 is 2.68 bits per heavy atom. The summed E-state index contributed by atoms with van der Waals surface area (Å²) in [7, 11) is 1.70. The predicted molar refractivity (Wildman–Crippen MR) is 108 cm³/mol. The second-order valence-electron chi connectivity index (χ2n) is 6.61. The minimum atomic E-state index is -0.440. The average molecular weight is 401 g/mol. The van der Waals surface area contributed by atoms with Gasteiger partial charge in [0.05, 0.1) is 5.02 Å². The van der Waals surface area contributed by atoms with Gasteiger partial charge in [-0.1, -0.05) is 36.7 Å². The Kier molecular flexibility index (Phi) is 5.61. The van der Waals surface area contributed by atoms with Crippen LogP contribution in [0.25, 0.3) is 0 Å². The molecule has 0 spiro atoms. The van der Waals surface area contributed by atoms with E-state index in [0.29, 0.717) is 6.54 Å². The number of allylic oxidation sites excluding steroid dienone is 1. The van der Waals surface area contributed by atoms with Gasteiger partial charge < -0.3 is 20.0 Å². The van der Waals surface area contributed by atoms with Crippen molar-refractivity contribution in [2.75, 3.05) is 11.9 Å². The number of hydrogen-bond donors (Lipinski definition) is 2. The van der Waals surface area contributed by atoms with E-state index in [1.807, 2.05) is 25.1 Å². The highest BCUT2D eigenvalue weighted by atomic mass is 35.5. The Labute approximate surface area is 168 Å².